The lowest BCUT2D eigenvalue weighted by molar-refractivity contribution is 0.0992. The predicted molar refractivity (Wildman–Crippen MR) is 110 cm³/mol. The Morgan fingerprint density at radius 3 is 2.61 bits per heavy atom. The Labute approximate surface area is 181 Å². The monoisotopic (exact) mass is 443 g/mol. The number of carbonyl (C=O) groups is 1. The molecular weight excluding hydrogens is 428 g/mol. The van der Waals surface area contributed by atoms with Crippen molar-refractivity contribution in [3.05, 3.63) is 101 Å². The number of carbonyl (C=O) groups excluding carboxylic acids is 1. The maximum absolute atomic E-state index is 13.2. The van der Waals surface area contributed by atoms with Crippen molar-refractivity contribution in [3.63, 3.8) is 0 Å². The zero-order valence-corrected chi connectivity index (χ0v) is 16.8. The van der Waals surface area contributed by atoms with E-state index in [0.717, 1.165) is 0 Å². The second-order valence-corrected chi connectivity index (χ2v) is 7.00. The van der Waals surface area contributed by atoms with Gasteiger partial charge in [-0.2, -0.15) is 5.10 Å². The van der Waals surface area contributed by atoms with Crippen molar-refractivity contribution in [2.45, 2.75) is 13.2 Å². The van der Waals surface area contributed by atoms with E-state index >= 15 is 0 Å². The van der Waals surface area contributed by atoms with Gasteiger partial charge in [0.05, 0.1) is 6.54 Å². The van der Waals surface area contributed by atoms with Crippen LogP contribution >= 0.6 is 11.6 Å². The molecule has 0 aliphatic rings. The third kappa shape index (κ3) is 5.29. The van der Waals surface area contributed by atoms with E-state index in [2.05, 4.69) is 10.4 Å². The lowest BCUT2D eigenvalue weighted by Gasteiger charge is -2.05. The number of ether oxygens (including phenoxy) is 1. The lowest BCUT2D eigenvalue weighted by Crippen LogP contribution is -2.12. The normalized spacial score (nSPS) is 10.8. The van der Waals surface area contributed by atoms with Crippen molar-refractivity contribution < 1.29 is 22.7 Å². The number of nitrogens with one attached hydrogen (secondary N) is 1. The Bertz CT molecular complexity index is 1200. The van der Waals surface area contributed by atoms with Crippen LogP contribution in [-0.2, 0) is 13.2 Å². The lowest BCUT2D eigenvalue weighted by atomic mass is 10.2. The van der Waals surface area contributed by atoms with E-state index in [1.807, 2.05) is 0 Å². The highest BCUT2D eigenvalue weighted by Crippen LogP contribution is 2.19. The third-order valence-corrected chi connectivity index (χ3v) is 4.66. The van der Waals surface area contributed by atoms with Crippen LogP contribution in [0.5, 0.6) is 5.75 Å². The molecule has 2 aromatic heterocycles. The summed E-state index contributed by atoms with van der Waals surface area (Å²) in [6.45, 7) is 0.409. The minimum atomic E-state index is -0.474. The number of hydrogen-bond donors (Lipinski definition) is 1. The summed E-state index contributed by atoms with van der Waals surface area (Å²) >= 11 is 6.03. The van der Waals surface area contributed by atoms with Gasteiger partial charge in [0.2, 0.25) is 0 Å². The number of amides is 1. The molecule has 1 amide bonds. The number of nitrogens with zero attached hydrogens (tertiary/aromatic N) is 2. The van der Waals surface area contributed by atoms with E-state index in [1.165, 1.54) is 42.5 Å². The van der Waals surface area contributed by atoms with Crippen molar-refractivity contribution in [1.82, 2.24) is 9.78 Å². The fourth-order valence-electron chi connectivity index (χ4n) is 2.78. The van der Waals surface area contributed by atoms with E-state index < -0.39 is 11.7 Å². The first-order valence-electron chi connectivity index (χ1n) is 9.22. The highest BCUT2D eigenvalue weighted by molar-refractivity contribution is 6.31. The number of anilines is 1. The van der Waals surface area contributed by atoms with E-state index in [0.29, 0.717) is 34.5 Å². The summed E-state index contributed by atoms with van der Waals surface area (Å²) in [6.07, 6.45) is 1.67. The second-order valence-electron chi connectivity index (χ2n) is 6.60. The van der Waals surface area contributed by atoms with E-state index in [1.54, 1.807) is 29.1 Å². The van der Waals surface area contributed by atoms with E-state index in [9.17, 15) is 13.6 Å². The van der Waals surface area contributed by atoms with Gasteiger partial charge in [-0.3, -0.25) is 9.48 Å². The van der Waals surface area contributed by atoms with Gasteiger partial charge >= 0.3 is 0 Å². The second kappa shape index (κ2) is 9.01. The molecule has 0 spiro atoms. The minimum absolute atomic E-state index is 0.0893. The molecule has 0 aliphatic carbocycles. The molecule has 6 nitrogen and oxygen atoms in total. The molecule has 158 valence electrons. The number of rotatable bonds is 7. The molecule has 0 saturated heterocycles. The molecule has 2 aromatic carbocycles. The Morgan fingerprint density at radius 1 is 1.06 bits per heavy atom. The summed E-state index contributed by atoms with van der Waals surface area (Å²) in [7, 11) is 0. The van der Waals surface area contributed by atoms with Crippen molar-refractivity contribution >= 4 is 23.3 Å². The minimum Gasteiger partial charge on any atom is -0.486 e. The molecule has 0 atom stereocenters. The van der Waals surface area contributed by atoms with Crippen LogP contribution in [0.25, 0.3) is 0 Å². The molecule has 2 heterocycles. The fourth-order valence-corrected chi connectivity index (χ4v) is 3.01. The number of halogens is 3. The predicted octanol–water partition coefficient (Wildman–Crippen LogP) is 5.29. The van der Waals surface area contributed by atoms with Gasteiger partial charge in [-0.05, 0) is 54.1 Å². The molecule has 0 fully saturated rings. The van der Waals surface area contributed by atoms with Gasteiger partial charge in [-0.15, -0.1) is 0 Å². The zero-order chi connectivity index (χ0) is 21.8. The number of hydrogen-bond acceptors (Lipinski definition) is 4. The van der Waals surface area contributed by atoms with Crippen molar-refractivity contribution in [1.29, 1.82) is 0 Å². The van der Waals surface area contributed by atoms with Crippen LogP contribution in [0.2, 0.25) is 5.02 Å². The Kier molecular flexibility index (Phi) is 5.99. The van der Waals surface area contributed by atoms with Crippen LogP contribution in [0.15, 0.2) is 71.3 Å². The highest BCUT2D eigenvalue weighted by atomic mass is 35.5. The summed E-state index contributed by atoms with van der Waals surface area (Å²) in [6, 6.07) is 14.5. The van der Waals surface area contributed by atoms with Gasteiger partial charge < -0.3 is 14.5 Å². The summed E-state index contributed by atoms with van der Waals surface area (Å²) in [5.41, 5.74) is 0.695. The van der Waals surface area contributed by atoms with Gasteiger partial charge in [-0.1, -0.05) is 17.7 Å². The van der Waals surface area contributed by atoms with Crippen LogP contribution in [0, 0.1) is 11.6 Å². The summed E-state index contributed by atoms with van der Waals surface area (Å²) in [5, 5.41) is 7.20. The molecule has 0 saturated carbocycles. The largest absolute Gasteiger partial charge is 0.486 e. The van der Waals surface area contributed by atoms with Gasteiger partial charge in [-0.25, -0.2) is 8.78 Å². The molecule has 31 heavy (non-hydrogen) atoms. The maximum Gasteiger partial charge on any atom is 0.292 e. The van der Waals surface area contributed by atoms with Crippen LogP contribution in [-0.4, -0.2) is 15.7 Å². The van der Waals surface area contributed by atoms with Crippen LogP contribution < -0.4 is 10.1 Å². The standard InChI is InChI=1S/C22H16ClF2N3O3/c23-19-11-16(25)2-1-14(19)12-28-10-9-21(27-28)26-22(29)20-8-7-18(31-20)13-30-17-5-3-15(24)4-6-17/h1-11H,12-13H2,(H,26,27,29). The van der Waals surface area contributed by atoms with Crippen LogP contribution in [0.1, 0.15) is 21.9 Å². The summed E-state index contributed by atoms with van der Waals surface area (Å²) in [4.78, 5) is 12.4. The van der Waals surface area contributed by atoms with E-state index in [4.69, 9.17) is 20.8 Å². The first-order chi connectivity index (χ1) is 15.0. The van der Waals surface area contributed by atoms with Crippen LogP contribution in [0.3, 0.4) is 0 Å². The smallest absolute Gasteiger partial charge is 0.292 e. The summed E-state index contributed by atoms with van der Waals surface area (Å²) < 4.78 is 38.6. The SMILES string of the molecule is O=C(Nc1ccn(Cc2ccc(F)cc2Cl)n1)c1ccc(COc2ccc(F)cc2)o1. The van der Waals surface area contributed by atoms with Crippen molar-refractivity contribution in [3.8, 4) is 5.75 Å². The van der Waals surface area contributed by atoms with Crippen molar-refractivity contribution in [2.24, 2.45) is 0 Å². The zero-order valence-electron chi connectivity index (χ0n) is 16.0. The average Bonchev–Trinajstić information content (AvgIpc) is 3.39. The number of aromatic nitrogens is 2. The quantitative estimate of drug-likeness (QED) is 0.421. The molecule has 0 unspecified atom stereocenters. The topological polar surface area (TPSA) is 69.3 Å². The average molecular weight is 444 g/mol. The molecule has 9 heteroatoms. The van der Waals surface area contributed by atoms with Gasteiger partial charge in [0.1, 0.15) is 29.8 Å². The molecule has 0 aliphatic heterocycles. The molecular formula is C22H16ClF2N3O3. The Balaban J connectivity index is 1.34. The molecule has 1 N–H and O–H groups in total. The fraction of sp³-hybridized carbons (Fsp3) is 0.0909. The Morgan fingerprint density at radius 2 is 1.84 bits per heavy atom. The van der Waals surface area contributed by atoms with E-state index in [-0.39, 0.29) is 18.2 Å². The maximum atomic E-state index is 13.2. The summed E-state index contributed by atoms with van der Waals surface area (Å²) in [5.74, 6) is 0.0906. The highest BCUT2D eigenvalue weighted by Gasteiger charge is 2.14. The molecule has 4 aromatic rings. The third-order valence-electron chi connectivity index (χ3n) is 4.31. The number of furan rings is 1. The molecule has 0 bridgehead atoms. The Hall–Kier alpha value is -3.65. The number of benzene rings is 2. The van der Waals surface area contributed by atoms with Gasteiger partial charge in [0.15, 0.2) is 11.6 Å². The van der Waals surface area contributed by atoms with Gasteiger partial charge in [0.25, 0.3) is 5.91 Å². The van der Waals surface area contributed by atoms with Crippen molar-refractivity contribution in [2.75, 3.05) is 5.32 Å². The first kappa shape index (κ1) is 20.6. The molecule has 0 radical (unpaired) electrons. The first-order valence-corrected chi connectivity index (χ1v) is 9.60. The van der Waals surface area contributed by atoms with Crippen LogP contribution in [0.4, 0.5) is 14.6 Å². The molecule has 4 rings (SSSR count). The van der Waals surface area contributed by atoms with Gasteiger partial charge in [0, 0.05) is 17.3 Å².